The molecule has 0 bridgehead atoms. The van der Waals surface area contributed by atoms with Crippen LogP contribution >= 0.6 is 11.3 Å². The molecule has 34 heavy (non-hydrogen) atoms. The van der Waals surface area contributed by atoms with E-state index >= 15 is 0 Å². The summed E-state index contributed by atoms with van der Waals surface area (Å²) in [6.45, 7) is 6.99. The van der Waals surface area contributed by atoms with E-state index in [0.29, 0.717) is 6.61 Å². The number of hydrogen-bond donors (Lipinski definition) is 0. The highest BCUT2D eigenvalue weighted by atomic mass is 32.1. The summed E-state index contributed by atoms with van der Waals surface area (Å²) in [7, 11) is 0. The number of ether oxygens (including phenoxy) is 2. The van der Waals surface area contributed by atoms with Crippen molar-refractivity contribution < 1.29 is 14.3 Å². The van der Waals surface area contributed by atoms with E-state index in [4.69, 9.17) is 9.47 Å². The zero-order valence-electron chi connectivity index (χ0n) is 21.7. The van der Waals surface area contributed by atoms with Gasteiger partial charge in [0.05, 0.1) is 13.2 Å². The molecule has 1 aliphatic heterocycles. The van der Waals surface area contributed by atoms with Crippen molar-refractivity contribution in [2.45, 2.75) is 103 Å². The molecule has 1 saturated heterocycles. The second-order valence-electron chi connectivity index (χ2n) is 10.5. The van der Waals surface area contributed by atoms with Crippen LogP contribution in [0.4, 0.5) is 0 Å². The molecule has 0 spiro atoms. The van der Waals surface area contributed by atoms with E-state index in [1.807, 2.05) is 6.07 Å². The Kier molecular flexibility index (Phi) is 13.6. The Morgan fingerprint density at radius 1 is 0.971 bits per heavy atom. The van der Waals surface area contributed by atoms with Gasteiger partial charge in [0.25, 0.3) is 0 Å². The molecule has 1 unspecified atom stereocenters. The number of carbonyl (C=O) groups is 1. The molecule has 3 rings (SSSR count). The van der Waals surface area contributed by atoms with E-state index in [-0.39, 0.29) is 5.97 Å². The second kappa shape index (κ2) is 16.7. The quantitative estimate of drug-likeness (QED) is 0.167. The minimum Gasteiger partial charge on any atom is -0.460 e. The van der Waals surface area contributed by atoms with Gasteiger partial charge in [-0.25, -0.2) is 4.79 Å². The Morgan fingerprint density at radius 3 is 2.38 bits per heavy atom. The van der Waals surface area contributed by atoms with E-state index < -0.39 is 0 Å². The maximum absolute atomic E-state index is 12.4. The molecular formula is C29H49NO3S. The summed E-state index contributed by atoms with van der Waals surface area (Å²) in [5, 5.41) is 0. The van der Waals surface area contributed by atoms with Crippen LogP contribution in [0.1, 0.15) is 111 Å². The van der Waals surface area contributed by atoms with Crippen molar-refractivity contribution in [1.29, 1.82) is 0 Å². The van der Waals surface area contributed by atoms with Gasteiger partial charge in [0.15, 0.2) is 0 Å². The molecule has 0 amide bonds. The molecule has 2 heterocycles. The Balaban J connectivity index is 1.25. The molecule has 0 N–H and O–H groups in total. The molecule has 1 saturated carbocycles. The Bertz CT molecular complexity index is 670. The summed E-state index contributed by atoms with van der Waals surface area (Å²) in [6, 6.07) is 4.09. The molecule has 194 valence electrons. The van der Waals surface area contributed by atoms with Crippen molar-refractivity contribution in [3.8, 4) is 0 Å². The van der Waals surface area contributed by atoms with Gasteiger partial charge in [-0.3, -0.25) is 4.90 Å². The van der Waals surface area contributed by atoms with Gasteiger partial charge in [0.1, 0.15) is 11.5 Å². The Labute approximate surface area is 212 Å². The Hall–Kier alpha value is -0.910. The van der Waals surface area contributed by atoms with Gasteiger partial charge >= 0.3 is 5.97 Å². The van der Waals surface area contributed by atoms with Crippen molar-refractivity contribution in [2.75, 3.05) is 39.5 Å². The lowest BCUT2D eigenvalue weighted by atomic mass is 9.87. The summed E-state index contributed by atoms with van der Waals surface area (Å²) >= 11 is 1.63. The van der Waals surface area contributed by atoms with Gasteiger partial charge < -0.3 is 9.47 Å². The first kappa shape index (κ1) is 27.7. The van der Waals surface area contributed by atoms with E-state index in [1.165, 1.54) is 94.8 Å². The minimum atomic E-state index is -0.161. The molecule has 1 aromatic heterocycles. The molecule has 5 heteroatoms. The highest BCUT2D eigenvalue weighted by Gasteiger charge is 2.26. The van der Waals surface area contributed by atoms with E-state index in [2.05, 4.69) is 17.9 Å². The van der Waals surface area contributed by atoms with Crippen LogP contribution in [-0.2, 0) is 15.9 Å². The largest absolute Gasteiger partial charge is 0.460 e. The summed E-state index contributed by atoms with van der Waals surface area (Å²) in [6.07, 6.45) is 20.9. The molecule has 1 aromatic rings. The third-order valence-electron chi connectivity index (χ3n) is 7.85. The lowest BCUT2D eigenvalue weighted by molar-refractivity contribution is 0.0197. The maximum atomic E-state index is 12.4. The predicted octanol–water partition coefficient (Wildman–Crippen LogP) is 7.51. The molecule has 2 atom stereocenters. The molecule has 4 nitrogen and oxygen atoms in total. The monoisotopic (exact) mass is 491 g/mol. The standard InChI is InChI=1S/C29H49NO3S/c1-2-3-4-5-6-7-8-9-12-25-13-10-14-26(25)15-11-16-27-17-18-28(34-27)29(31)33-24-21-30-19-22-32-23-20-30/h17-18,25-26H,2-16,19-24H2,1H3/t25?,26-/m1/s1. The van der Waals surface area contributed by atoms with Gasteiger partial charge in [0, 0.05) is 24.5 Å². The maximum Gasteiger partial charge on any atom is 0.348 e. The molecular weight excluding hydrogens is 442 g/mol. The number of unbranched alkanes of at least 4 members (excludes halogenated alkanes) is 7. The number of esters is 1. The van der Waals surface area contributed by atoms with Gasteiger partial charge in [-0.15, -0.1) is 11.3 Å². The fraction of sp³-hybridized carbons (Fsp3) is 0.828. The fourth-order valence-corrected chi connectivity index (χ4v) is 6.68. The van der Waals surface area contributed by atoms with Crippen molar-refractivity contribution in [2.24, 2.45) is 11.8 Å². The van der Waals surface area contributed by atoms with Gasteiger partial charge in [-0.05, 0) is 43.2 Å². The van der Waals surface area contributed by atoms with Crippen LogP contribution in [0.15, 0.2) is 12.1 Å². The summed E-state index contributed by atoms with van der Waals surface area (Å²) < 4.78 is 10.9. The number of aryl methyl sites for hydroxylation is 1. The third-order valence-corrected chi connectivity index (χ3v) is 8.98. The van der Waals surface area contributed by atoms with Crippen LogP contribution in [0, 0.1) is 11.8 Å². The van der Waals surface area contributed by atoms with Gasteiger partial charge in [0.2, 0.25) is 0 Å². The number of nitrogens with zero attached hydrogens (tertiary/aromatic N) is 1. The topological polar surface area (TPSA) is 38.8 Å². The molecule has 1 aliphatic carbocycles. The molecule has 0 aromatic carbocycles. The lowest BCUT2D eigenvalue weighted by Gasteiger charge is -2.26. The number of hydrogen-bond acceptors (Lipinski definition) is 5. The van der Waals surface area contributed by atoms with E-state index in [1.54, 1.807) is 11.3 Å². The van der Waals surface area contributed by atoms with Crippen LogP contribution in [0.25, 0.3) is 0 Å². The smallest absolute Gasteiger partial charge is 0.348 e. The normalized spacial score (nSPS) is 21.2. The predicted molar refractivity (Wildman–Crippen MR) is 143 cm³/mol. The van der Waals surface area contributed by atoms with Crippen LogP contribution in [-0.4, -0.2) is 50.3 Å². The van der Waals surface area contributed by atoms with Crippen LogP contribution in [0.2, 0.25) is 0 Å². The van der Waals surface area contributed by atoms with Crippen molar-refractivity contribution >= 4 is 17.3 Å². The Morgan fingerprint density at radius 2 is 1.65 bits per heavy atom. The van der Waals surface area contributed by atoms with Gasteiger partial charge in [-0.2, -0.15) is 0 Å². The first-order chi connectivity index (χ1) is 16.8. The van der Waals surface area contributed by atoms with Gasteiger partial charge in [-0.1, -0.05) is 84.0 Å². The summed E-state index contributed by atoms with van der Waals surface area (Å²) in [5.74, 6) is 1.75. The van der Waals surface area contributed by atoms with Crippen molar-refractivity contribution in [3.05, 3.63) is 21.9 Å². The first-order valence-corrected chi connectivity index (χ1v) is 15.1. The number of thiophene rings is 1. The zero-order chi connectivity index (χ0) is 23.8. The second-order valence-corrected chi connectivity index (χ2v) is 11.6. The van der Waals surface area contributed by atoms with Crippen molar-refractivity contribution in [1.82, 2.24) is 4.90 Å². The van der Waals surface area contributed by atoms with Crippen molar-refractivity contribution in [3.63, 3.8) is 0 Å². The highest BCUT2D eigenvalue weighted by Crippen LogP contribution is 2.38. The molecule has 2 aliphatic rings. The molecule has 2 fully saturated rings. The third kappa shape index (κ3) is 10.4. The summed E-state index contributed by atoms with van der Waals surface area (Å²) in [5.41, 5.74) is 0. The lowest BCUT2D eigenvalue weighted by Crippen LogP contribution is -2.38. The first-order valence-electron chi connectivity index (χ1n) is 14.3. The average Bonchev–Trinajstić information content (AvgIpc) is 3.51. The number of morpholine rings is 1. The molecule has 0 radical (unpaired) electrons. The fourth-order valence-electron chi connectivity index (χ4n) is 5.74. The number of carbonyl (C=O) groups excluding carboxylic acids is 1. The number of rotatable bonds is 17. The highest BCUT2D eigenvalue weighted by molar-refractivity contribution is 7.13. The van der Waals surface area contributed by atoms with Crippen LogP contribution in [0.5, 0.6) is 0 Å². The van der Waals surface area contributed by atoms with Crippen LogP contribution < -0.4 is 0 Å². The van der Waals surface area contributed by atoms with E-state index in [0.717, 1.165) is 56.0 Å². The van der Waals surface area contributed by atoms with Crippen LogP contribution in [0.3, 0.4) is 0 Å². The zero-order valence-corrected chi connectivity index (χ0v) is 22.6. The van der Waals surface area contributed by atoms with E-state index in [9.17, 15) is 4.79 Å². The minimum absolute atomic E-state index is 0.161. The summed E-state index contributed by atoms with van der Waals surface area (Å²) in [4.78, 5) is 16.8. The SMILES string of the molecule is CCCCCCCCCCC1CCC[C@@H]1CCCc1ccc(C(=O)OCCN2CCOCC2)s1. The average molecular weight is 492 g/mol.